The lowest BCUT2D eigenvalue weighted by molar-refractivity contribution is 0.811. The molecule has 1 atom stereocenters. The van der Waals surface area contributed by atoms with E-state index in [-0.39, 0.29) is 11.8 Å². The molecule has 0 fully saturated rings. The van der Waals surface area contributed by atoms with Gasteiger partial charge >= 0.3 is 0 Å². The van der Waals surface area contributed by atoms with E-state index in [9.17, 15) is 0 Å². The van der Waals surface area contributed by atoms with Crippen molar-refractivity contribution in [1.82, 2.24) is 0 Å². The first-order valence-corrected chi connectivity index (χ1v) is 5.49. The van der Waals surface area contributed by atoms with E-state index < -0.39 is 0 Å². The lowest BCUT2D eigenvalue weighted by atomic mass is 9.95. The van der Waals surface area contributed by atoms with Gasteiger partial charge in [0.25, 0.3) is 0 Å². The van der Waals surface area contributed by atoms with Crippen LogP contribution in [0.5, 0.6) is 0 Å². The van der Waals surface area contributed by atoms with Crippen molar-refractivity contribution in [3.05, 3.63) is 30.3 Å². The summed E-state index contributed by atoms with van der Waals surface area (Å²) in [6.07, 6.45) is 0. The Bertz CT molecular complexity index is 379. The quantitative estimate of drug-likeness (QED) is 0.591. The van der Waals surface area contributed by atoms with E-state index in [4.69, 9.17) is 11.1 Å². The second-order valence-corrected chi connectivity index (χ2v) is 4.20. The Balaban J connectivity index is 2.82. The van der Waals surface area contributed by atoms with Crippen LogP contribution < -0.4 is 5.73 Å². The van der Waals surface area contributed by atoms with E-state index in [0.29, 0.717) is 11.5 Å². The number of amidine groups is 1. The summed E-state index contributed by atoms with van der Waals surface area (Å²) >= 11 is 0. The first kappa shape index (κ1) is 12.4. The number of aliphatic imine (C=N–C) groups is 1. The SMILES string of the molecule is CC(C)C(=N)C(C)C(N)=Nc1ccccc1. The highest BCUT2D eigenvalue weighted by atomic mass is 14.9. The van der Waals surface area contributed by atoms with Crippen molar-refractivity contribution < 1.29 is 0 Å². The van der Waals surface area contributed by atoms with Crippen LogP contribution in [0.1, 0.15) is 20.8 Å². The van der Waals surface area contributed by atoms with Crippen molar-refractivity contribution in [3.8, 4) is 0 Å². The number of benzene rings is 1. The van der Waals surface area contributed by atoms with Gasteiger partial charge < -0.3 is 11.1 Å². The van der Waals surface area contributed by atoms with E-state index in [0.717, 1.165) is 5.69 Å². The zero-order chi connectivity index (χ0) is 12.1. The number of nitrogens with zero attached hydrogens (tertiary/aromatic N) is 1. The van der Waals surface area contributed by atoms with E-state index in [2.05, 4.69) is 4.99 Å². The number of nitrogens with two attached hydrogens (primary N) is 1. The fourth-order valence-electron chi connectivity index (χ4n) is 1.41. The van der Waals surface area contributed by atoms with Crippen molar-refractivity contribution in [2.24, 2.45) is 22.6 Å². The van der Waals surface area contributed by atoms with Gasteiger partial charge in [-0.2, -0.15) is 0 Å². The molecule has 0 radical (unpaired) electrons. The molecular weight excluding hydrogens is 198 g/mol. The van der Waals surface area contributed by atoms with Gasteiger partial charge in [-0.1, -0.05) is 39.0 Å². The maximum absolute atomic E-state index is 7.88. The first-order chi connectivity index (χ1) is 7.52. The third kappa shape index (κ3) is 3.19. The summed E-state index contributed by atoms with van der Waals surface area (Å²) in [5, 5.41) is 7.88. The number of nitrogens with one attached hydrogen (secondary N) is 1. The molecule has 0 saturated heterocycles. The lowest BCUT2D eigenvalue weighted by Gasteiger charge is -2.15. The molecule has 0 amide bonds. The van der Waals surface area contributed by atoms with Crippen molar-refractivity contribution in [2.45, 2.75) is 20.8 Å². The summed E-state index contributed by atoms with van der Waals surface area (Å²) in [6.45, 7) is 5.91. The fraction of sp³-hybridized carbons (Fsp3) is 0.385. The minimum absolute atomic E-state index is 0.0970. The Labute approximate surface area is 96.9 Å². The van der Waals surface area contributed by atoms with Crippen molar-refractivity contribution >= 4 is 17.2 Å². The largest absolute Gasteiger partial charge is 0.387 e. The van der Waals surface area contributed by atoms with Gasteiger partial charge in [0.1, 0.15) is 5.84 Å². The van der Waals surface area contributed by atoms with Gasteiger partial charge in [-0.15, -0.1) is 0 Å². The molecule has 0 aromatic heterocycles. The summed E-state index contributed by atoms with van der Waals surface area (Å²) in [7, 11) is 0. The Morgan fingerprint density at radius 1 is 1.19 bits per heavy atom. The van der Waals surface area contributed by atoms with Crippen LogP contribution in [0.2, 0.25) is 0 Å². The molecule has 0 saturated carbocycles. The average molecular weight is 217 g/mol. The average Bonchev–Trinajstić information content (AvgIpc) is 2.28. The third-order valence-corrected chi connectivity index (χ3v) is 2.55. The summed E-state index contributed by atoms with van der Waals surface area (Å²) in [6, 6.07) is 9.58. The predicted octanol–water partition coefficient (Wildman–Crippen LogP) is 2.99. The summed E-state index contributed by atoms with van der Waals surface area (Å²) in [5.41, 5.74) is 7.36. The predicted molar refractivity (Wildman–Crippen MR) is 69.5 cm³/mol. The molecule has 0 heterocycles. The highest BCUT2D eigenvalue weighted by Crippen LogP contribution is 2.13. The van der Waals surface area contributed by atoms with Crippen LogP contribution in [-0.4, -0.2) is 11.5 Å². The molecule has 3 N–H and O–H groups in total. The smallest absolute Gasteiger partial charge is 0.108 e. The highest BCUT2D eigenvalue weighted by molar-refractivity contribution is 6.05. The molecule has 0 aliphatic rings. The standard InChI is InChI=1S/C13H19N3/c1-9(2)12(14)10(3)13(15)16-11-7-5-4-6-8-11/h4-10,14H,1-3H3,(H2,15,16). The van der Waals surface area contributed by atoms with Crippen LogP contribution in [0.3, 0.4) is 0 Å². The first-order valence-electron chi connectivity index (χ1n) is 5.49. The van der Waals surface area contributed by atoms with Crippen LogP contribution in [0.15, 0.2) is 35.3 Å². The van der Waals surface area contributed by atoms with Crippen LogP contribution in [-0.2, 0) is 0 Å². The molecule has 1 aromatic carbocycles. The molecule has 86 valence electrons. The second-order valence-electron chi connectivity index (χ2n) is 4.20. The van der Waals surface area contributed by atoms with Gasteiger partial charge in [-0.25, -0.2) is 4.99 Å². The second kappa shape index (κ2) is 5.45. The molecule has 1 unspecified atom stereocenters. The van der Waals surface area contributed by atoms with Crippen molar-refractivity contribution in [2.75, 3.05) is 0 Å². The third-order valence-electron chi connectivity index (χ3n) is 2.55. The van der Waals surface area contributed by atoms with E-state index in [1.54, 1.807) is 0 Å². The minimum atomic E-state index is -0.0970. The Hall–Kier alpha value is -1.64. The Morgan fingerprint density at radius 3 is 2.25 bits per heavy atom. The fourth-order valence-corrected chi connectivity index (χ4v) is 1.41. The molecule has 0 aliphatic carbocycles. The van der Waals surface area contributed by atoms with Gasteiger partial charge in [0.2, 0.25) is 0 Å². The zero-order valence-electron chi connectivity index (χ0n) is 10.1. The van der Waals surface area contributed by atoms with Gasteiger partial charge in [-0.3, -0.25) is 0 Å². The monoisotopic (exact) mass is 217 g/mol. The summed E-state index contributed by atoms with van der Waals surface area (Å²) < 4.78 is 0. The van der Waals surface area contributed by atoms with Crippen LogP contribution in [0.25, 0.3) is 0 Å². The maximum Gasteiger partial charge on any atom is 0.108 e. The number of rotatable bonds is 4. The molecular formula is C13H19N3. The van der Waals surface area contributed by atoms with Crippen LogP contribution in [0.4, 0.5) is 5.69 Å². The van der Waals surface area contributed by atoms with Crippen molar-refractivity contribution in [1.29, 1.82) is 5.41 Å². The van der Waals surface area contributed by atoms with Gasteiger partial charge in [0.15, 0.2) is 0 Å². The molecule has 0 bridgehead atoms. The Morgan fingerprint density at radius 2 is 1.75 bits per heavy atom. The van der Waals surface area contributed by atoms with E-state index in [1.165, 1.54) is 0 Å². The normalized spacial score (nSPS) is 13.9. The van der Waals surface area contributed by atoms with E-state index >= 15 is 0 Å². The molecule has 1 aromatic rings. The number of hydrogen-bond acceptors (Lipinski definition) is 2. The molecule has 0 spiro atoms. The van der Waals surface area contributed by atoms with Gasteiger partial charge in [-0.05, 0) is 18.1 Å². The molecule has 3 nitrogen and oxygen atoms in total. The van der Waals surface area contributed by atoms with Gasteiger partial charge in [0.05, 0.1) is 11.6 Å². The number of para-hydroxylation sites is 1. The van der Waals surface area contributed by atoms with Crippen molar-refractivity contribution in [3.63, 3.8) is 0 Å². The number of hydrogen-bond donors (Lipinski definition) is 2. The Kier molecular flexibility index (Phi) is 4.23. The lowest BCUT2D eigenvalue weighted by Crippen LogP contribution is -2.30. The topological polar surface area (TPSA) is 62.2 Å². The molecule has 3 heteroatoms. The van der Waals surface area contributed by atoms with Crippen LogP contribution in [0, 0.1) is 17.2 Å². The minimum Gasteiger partial charge on any atom is -0.387 e. The summed E-state index contributed by atoms with van der Waals surface area (Å²) in [5.74, 6) is 0.615. The summed E-state index contributed by atoms with van der Waals surface area (Å²) in [4.78, 5) is 4.32. The van der Waals surface area contributed by atoms with E-state index in [1.807, 2.05) is 51.1 Å². The zero-order valence-corrected chi connectivity index (χ0v) is 10.1. The molecule has 16 heavy (non-hydrogen) atoms. The highest BCUT2D eigenvalue weighted by Gasteiger charge is 2.15. The maximum atomic E-state index is 7.88. The molecule has 0 aliphatic heterocycles. The van der Waals surface area contributed by atoms with Crippen LogP contribution >= 0.6 is 0 Å². The molecule has 1 rings (SSSR count). The van der Waals surface area contributed by atoms with Gasteiger partial charge in [0, 0.05) is 5.71 Å².